The van der Waals surface area contributed by atoms with Crippen LogP contribution in [0.1, 0.15) is 6.92 Å². The number of carbonyl (C=O) groups is 1. The molecule has 38 valence electrons. The smallest absolute Gasteiger partial charge is 0.310 e. The molecule has 4 heteroatoms. The lowest BCUT2D eigenvalue weighted by atomic mass is 10.4. The molecule has 0 saturated heterocycles. The van der Waals surface area contributed by atoms with Gasteiger partial charge in [-0.1, -0.05) is 5.11 Å². The summed E-state index contributed by atoms with van der Waals surface area (Å²) in [6, 6.07) is 0. The zero-order chi connectivity index (χ0) is 5.28. The summed E-state index contributed by atoms with van der Waals surface area (Å²) in [5.41, 5.74) is 0. The minimum Gasteiger partial charge on any atom is -0.366 e. The molecule has 1 rings (SSSR count). The zero-order valence-corrected chi connectivity index (χ0v) is 3.79. The molecule has 0 bridgehead atoms. The molecule has 1 unspecified atom stereocenters. The molecule has 0 aliphatic carbocycles. The standard InChI is InChI=1S/C3H4N2O2/c1-2-3(6)4-5-7-2/h2H,1H3. The number of hydrogen-bond donors (Lipinski definition) is 0. The summed E-state index contributed by atoms with van der Waals surface area (Å²) in [5, 5.41) is 6.10. The maximum Gasteiger partial charge on any atom is 0.310 e. The summed E-state index contributed by atoms with van der Waals surface area (Å²) in [7, 11) is 0. The van der Waals surface area contributed by atoms with Crippen molar-refractivity contribution in [1.82, 2.24) is 0 Å². The van der Waals surface area contributed by atoms with Gasteiger partial charge in [0.25, 0.3) is 0 Å². The van der Waals surface area contributed by atoms with E-state index < -0.39 is 6.10 Å². The highest BCUT2D eigenvalue weighted by atomic mass is 16.7. The molecule has 0 radical (unpaired) electrons. The van der Waals surface area contributed by atoms with Crippen LogP contribution in [0.15, 0.2) is 10.4 Å². The fourth-order valence-corrected chi connectivity index (χ4v) is 0.261. The van der Waals surface area contributed by atoms with Crippen LogP contribution in [-0.2, 0) is 9.63 Å². The SMILES string of the molecule is CC1ON=NC1=O. The van der Waals surface area contributed by atoms with Crippen molar-refractivity contribution in [2.24, 2.45) is 10.4 Å². The molecule has 4 nitrogen and oxygen atoms in total. The van der Waals surface area contributed by atoms with E-state index in [0.29, 0.717) is 0 Å². The predicted molar refractivity (Wildman–Crippen MR) is 20.4 cm³/mol. The molecule has 0 saturated carbocycles. The third-order valence-electron chi connectivity index (χ3n) is 0.692. The lowest BCUT2D eigenvalue weighted by molar-refractivity contribution is -0.122. The molecule has 0 aromatic rings. The van der Waals surface area contributed by atoms with E-state index in [-0.39, 0.29) is 5.91 Å². The maximum atomic E-state index is 10.2. The Morgan fingerprint density at radius 3 is 2.71 bits per heavy atom. The quantitative estimate of drug-likeness (QED) is 0.439. The molecule has 1 amide bonds. The molecule has 0 aromatic carbocycles. The highest BCUT2D eigenvalue weighted by Crippen LogP contribution is 2.02. The van der Waals surface area contributed by atoms with E-state index in [0.717, 1.165) is 0 Å². The van der Waals surface area contributed by atoms with Crippen molar-refractivity contribution in [3.05, 3.63) is 0 Å². The van der Waals surface area contributed by atoms with Crippen molar-refractivity contribution in [2.75, 3.05) is 0 Å². The van der Waals surface area contributed by atoms with E-state index >= 15 is 0 Å². The molecule has 0 spiro atoms. The minimum atomic E-state index is -0.458. The van der Waals surface area contributed by atoms with Gasteiger partial charge in [0.2, 0.25) is 6.10 Å². The van der Waals surface area contributed by atoms with E-state index in [4.69, 9.17) is 0 Å². The Balaban J connectivity index is 2.62. The number of carbonyl (C=O) groups excluding carboxylic acids is 1. The monoisotopic (exact) mass is 100 g/mol. The van der Waals surface area contributed by atoms with Crippen LogP contribution >= 0.6 is 0 Å². The Hall–Kier alpha value is -0.930. The van der Waals surface area contributed by atoms with E-state index in [9.17, 15) is 4.79 Å². The Kier molecular flexibility index (Phi) is 0.780. The van der Waals surface area contributed by atoms with Gasteiger partial charge in [-0.2, -0.15) is 0 Å². The van der Waals surface area contributed by atoms with Crippen molar-refractivity contribution < 1.29 is 9.63 Å². The van der Waals surface area contributed by atoms with Crippen molar-refractivity contribution >= 4 is 5.91 Å². The molecule has 1 aliphatic rings. The van der Waals surface area contributed by atoms with Crippen molar-refractivity contribution in [3.8, 4) is 0 Å². The molecule has 1 atom stereocenters. The molecular weight excluding hydrogens is 96.0 g/mol. The fourth-order valence-electron chi connectivity index (χ4n) is 0.261. The summed E-state index contributed by atoms with van der Waals surface area (Å²) in [6.07, 6.45) is -0.458. The van der Waals surface area contributed by atoms with E-state index in [2.05, 4.69) is 15.2 Å². The van der Waals surface area contributed by atoms with Crippen LogP contribution < -0.4 is 0 Å². The average molecular weight is 100 g/mol. The van der Waals surface area contributed by atoms with Gasteiger partial charge in [-0.3, -0.25) is 4.79 Å². The molecule has 1 heterocycles. The van der Waals surface area contributed by atoms with Crippen LogP contribution in [0.4, 0.5) is 0 Å². The second kappa shape index (κ2) is 1.29. The van der Waals surface area contributed by atoms with Crippen molar-refractivity contribution in [2.45, 2.75) is 13.0 Å². The van der Waals surface area contributed by atoms with Crippen LogP contribution in [0.3, 0.4) is 0 Å². The Labute approximate surface area is 40.1 Å². The first-order valence-corrected chi connectivity index (χ1v) is 1.91. The number of nitrogens with zero attached hydrogens (tertiary/aromatic N) is 2. The third-order valence-corrected chi connectivity index (χ3v) is 0.692. The van der Waals surface area contributed by atoms with Crippen molar-refractivity contribution in [3.63, 3.8) is 0 Å². The summed E-state index contributed by atoms with van der Waals surface area (Å²) < 4.78 is 0. The average Bonchev–Trinajstić information content (AvgIpc) is 1.91. The van der Waals surface area contributed by atoms with Gasteiger partial charge in [-0.25, -0.2) is 0 Å². The summed E-state index contributed by atoms with van der Waals surface area (Å²) in [5.74, 6) is -0.306. The minimum absolute atomic E-state index is 0.306. The van der Waals surface area contributed by atoms with Crippen LogP contribution in [0, 0.1) is 0 Å². The second-order valence-corrected chi connectivity index (χ2v) is 1.27. The normalized spacial score (nSPS) is 28.1. The van der Waals surface area contributed by atoms with Crippen LogP contribution in [-0.4, -0.2) is 12.0 Å². The van der Waals surface area contributed by atoms with Gasteiger partial charge in [-0.05, 0) is 6.92 Å². The fraction of sp³-hybridized carbons (Fsp3) is 0.667. The molecular formula is C3H4N2O2. The van der Waals surface area contributed by atoms with E-state index in [1.807, 2.05) is 0 Å². The van der Waals surface area contributed by atoms with Gasteiger partial charge in [0.1, 0.15) is 0 Å². The van der Waals surface area contributed by atoms with Crippen molar-refractivity contribution in [1.29, 1.82) is 0 Å². The molecule has 0 N–H and O–H groups in total. The van der Waals surface area contributed by atoms with Gasteiger partial charge >= 0.3 is 5.91 Å². The van der Waals surface area contributed by atoms with Gasteiger partial charge in [-0.15, -0.1) is 0 Å². The first-order valence-electron chi connectivity index (χ1n) is 1.91. The summed E-state index contributed by atoms with van der Waals surface area (Å²) in [6.45, 7) is 1.60. The first kappa shape index (κ1) is 4.23. The van der Waals surface area contributed by atoms with Crippen LogP contribution in [0.25, 0.3) is 0 Å². The molecule has 0 aromatic heterocycles. The van der Waals surface area contributed by atoms with Crippen LogP contribution in [0.2, 0.25) is 0 Å². The zero-order valence-electron chi connectivity index (χ0n) is 3.79. The molecule has 1 aliphatic heterocycles. The van der Waals surface area contributed by atoms with Gasteiger partial charge in [0.05, 0.1) is 0 Å². The molecule has 7 heavy (non-hydrogen) atoms. The van der Waals surface area contributed by atoms with E-state index in [1.165, 1.54) is 0 Å². The number of hydrogen-bond acceptors (Lipinski definition) is 3. The number of rotatable bonds is 0. The summed E-state index contributed by atoms with van der Waals surface area (Å²) >= 11 is 0. The van der Waals surface area contributed by atoms with Crippen LogP contribution in [0.5, 0.6) is 0 Å². The number of amides is 1. The predicted octanol–water partition coefficient (Wildman–Crippen LogP) is 0.299. The third kappa shape index (κ3) is 0.581. The first-order chi connectivity index (χ1) is 3.30. The van der Waals surface area contributed by atoms with Gasteiger partial charge in [0.15, 0.2) is 0 Å². The maximum absolute atomic E-state index is 10.2. The summed E-state index contributed by atoms with van der Waals surface area (Å²) in [4.78, 5) is 14.6. The van der Waals surface area contributed by atoms with Gasteiger partial charge in [0, 0.05) is 5.28 Å². The van der Waals surface area contributed by atoms with E-state index in [1.54, 1.807) is 6.92 Å². The van der Waals surface area contributed by atoms with Gasteiger partial charge < -0.3 is 4.84 Å². The Bertz CT molecular complexity index is 120. The largest absolute Gasteiger partial charge is 0.366 e. The molecule has 0 fully saturated rings. The highest BCUT2D eigenvalue weighted by Gasteiger charge is 2.18. The lowest BCUT2D eigenvalue weighted by Gasteiger charge is -1.89. The second-order valence-electron chi connectivity index (χ2n) is 1.27. The lowest BCUT2D eigenvalue weighted by Crippen LogP contribution is -2.08. The Morgan fingerprint density at radius 2 is 2.57 bits per heavy atom. The topological polar surface area (TPSA) is 51.0 Å². The Morgan fingerprint density at radius 1 is 1.86 bits per heavy atom. The highest BCUT2D eigenvalue weighted by molar-refractivity contribution is 5.81.